The van der Waals surface area contributed by atoms with E-state index >= 15 is 0 Å². The third kappa shape index (κ3) is 5.28. The van der Waals surface area contributed by atoms with Gasteiger partial charge in [-0.05, 0) is 26.0 Å². The minimum absolute atomic E-state index is 0.120. The van der Waals surface area contributed by atoms with Gasteiger partial charge in [0.1, 0.15) is 24.2 Å². The number of ether oxygens (including phenoxy) is 2. The topological polar surface area (TPSA) is 120 Å². The summed E-state index contributed by atoms with van der Waals surface area (Å²) in [6, 6.07) is 8.32. The fourth-order valence-corrected chi connectivity index (χ4v) is 1.77. The van der Waals surface area contributed by atoms with Crippen LogP contribution in [0.25, 0.3) is 0 Å². The summed E-state index contributed by atoms with van der Waals surface area (Å²) in [6.45, 7) is 1.56. The van der Waals surface area contributed by atoms with Crippen LogP contribution >= 0.6 is 0 Å². The van der Waals surface area contributed by atoms with E-state index in [0.717, 1.165) is 0 Å². The number of Topliss-reactive ketones (excluding diaryl/α,β-unsaturated/α-hetero) is 1. The lowest BCUT2D eigenvalue weighted by Crippen LogP contribution is -2.19. The molecule has 1 aromatic carbocycles. The first-order valence-corrected chi connectivity index (χ1v) is 6.63. The molecule has 0 unspecified atom stereocenters. The molecule has 0 aliphatic heterocycles. The number of nitriles is 1. The van der Waals surface area contributed by atoms with Crippen LogP contribution in [-0.2, 0) is 14.3 Å². The average molecular weight is 316 g/mol. The van der Waals surface area contributed by atoms with Gasteiger partial charge in [0.05, 0.1) is 11.1 Å². The summed E-state index contributed by atoms with van der Waals surface area (Å²) in [4.78, 5) is 22.9. The zero-order valence-corrected chi connectivity index (χ0v) is 12.8. The second-order valence-electron chi connectivity index (χ2n) is 4.56. The van der Waals surface area contributed by atoms with Gasteiger partial charge >= 0.3 is 5.97 Å². The Labute approximate surface area is 133 Å². The summed E-state index contributed by atoms with van der Waals surface area (Å²) in [5.74, 6) is -1.53. The van der Waals surface area contributed by atoms with E-state index in [9.17, 15) is 14.7 Å². The summed E-state index contributed by atoms with van der Waals surface area (Å²) < 4.78 is 9.95. The molecule has 0 radical (unpaired) electrons. The maximum absolute atomic E-state index is 11.6. The standard InChI is InChI=1S/C16H16N2O5/c1-10(18)16(11(2)19)13(20)8-23-15(21)9-22-14-6-4-3-5-12(14)7-17/h3-6,18,20H,8-9H2,1-2H3/b16-13-,18-10?. The van der Waals surface area contributed by atoms with Crippen LogP contribution in [-0.4, -0.2) is 35.8 Å². The molecule has 2 N–H and O–H groups in total. The van der Waals surface area contributed by atoms with Gasteiger partial charge < -0.3 is 20.0 Å². The Hall–Kier alpha value is -3.14. The van der Waals surface area contributed by atoms with Crippen molar-refractivity contribution in [3.8, 4) is 11.8 Å². The van der Waals surface area contributed by atoms with E-state index in [4.69, 9.17) is 20.1 Å². The maximum atomic E-state index is 11.6. The molecule has 1 rings (SSSR count). The highest BCUT2D eigenvalue weighted by atomic mass is 16.6. The molecule has 0 saturated heterocycles. The van der Waals surface area contributed by atoms with Gasteiger partial charge in [0.2, 0.25) is 0 Å². The molecule has 0 amide bonds. The van der Waals surface area contributed by atoms with Crippen LogP contribution in [0.4, 0.5) is 0 Å². The third-order valence-electron chi connectivity index (χ3n) is 2.74. The van der Waals surface area contributed by atoms with Crippen LogP contribution in [0.5, 0.6) is 5.75 Å². The predicted molar refractivity (Wildman–Crippen MR) is 81.3 cm³/mol. The zero-order chi connectivity index (χ0) is 17.4. The largest absolute Gasteiger partial charge is 0.508 e. The minimum Gasteiger partial charge on any atom is -0.508 e. The van der Waals surface area contributed by atoms with Gasteiger partial charge in [-0.1, -0.05) is 12.1 Å². The number of carbonyl (C=O) groups is 2. The number of ketones is 1. The molecule has 0 bridgehead atoms. The first-order valence-electron chi connectivity index (χ1n) is 6.63. The van der Waals surface area contributed by atoms with Crippen LogP contribution < -0.4 is 4.74 Å². The Morgan fingerprint density at radius 2 is 1.91 bits per heavy atom. The molecular formula is C16H16N2O5. The van der Waals surface area contributed by atoms with E-state index in [2.05, 4.69) is 0 Å². The van der Waals surface area contributed by atoms with Crippen molar-refractivity contribution in [3.63, 3.8) is 0 Å². The number of aliphatic hydroxyl groups is 1. The molecule has 120 valence electrons. The number of rotatable bonds is 7. The van der Waals surface area contributed by atoms with Crippen LogP contribution in [0, 0.1) is 16.7 Å². The maximum Gasteiger partial charge on any atom is 0.344 e. The lowest BCUT2D eigenvalue weighted by Gasteiger charge is -2.09. The number of nitrogens with one attached hydrogen (secondary N) is 1. The zero-order valence-electron chi connectivity index (χ0n) is 12.8. The van der Waals surface area contributed by atoms with Crippen LogP contribution in [0.15, 0.2) is 35.6 Å². The lowest BCUT2D eigenvalue weighted by molar-refractivity contribution is -0.145. The van der Waals surface area contributed by atoms with Crippen molar-refractivity contribution in [3.05, 3.63) is 41.2 Å². The fourth-order valence-electron chi connectivity index (χ4n) is 1.77. The molecule has 7 heteroatoms. The minimum atomic E-state index is -0.783. The summed E-state index contributed by atoms with van der Waals surface area (Å²) in [5.41, 5.74) is -0.0277. The highest BCUT2D eigenvalue weighted by Gasteiger charge is 2.15. The Morgan fingerprint density at radius 1 is 1.26 bits per heavy atom. The quantitative estimate of drug-likeness (QED) is 0.343. The molecule has 23 heavy (non-hydrogen) atoms. The Morgan fingerprint density at radius 3 is 2.48 bits per heavy atom. The molecule has 1 aromatic rings. The predicted octanol–water partition coefficient (Wildman–Crippen LogP) is 1.92. The first-order chi connectivity index (χ1) is 10.9. The van der Waals surface area contributed by atoms with Crippen molar-refractivity contribution in [2.24, 2.45) is 0 Å². The van der Waals surface area contributed by atoms with Crippen molar-refractivity contribution in [1.29, 1.82) is 10.7 Å². The number of esters is 1. The smallest absolute Gasteiger partial charge is 0.344 e. The van der Waals surface area contributed by atoms with Gasteiger partial charge in [0.15, 0.2) is 12.4 Å². The number of para-hydroxylation sites is 1. The highest BCUT2D eigenvalue weighted by molar-refractivity contribution is 6.19. The first kappa shape index (κ1) is 17.9. The highest BCUT2D eigenvalue weighted by Crippen LogP contribution is 2.16. The van der Waals surface area contributed by atoms with Crippen LogP contribution in [0.2, 0.25) is 0 Å². The number of nitrogens with zero attached hydrogens (tertiary/aromatic N) is 1. The van der Waals surface area contributed by atoms with Gasteiger partial charge in [-0.15, -0.1) is 0 Å². The summed E-state index contributed by atoms with van der Waals surface area (Å²) >= 11 is 0. The summed E-state index contributed by atoms with van der Waals surface area (Å²) in [6.07, 6.45) is 0. The number of aliphatic hydroxyl groups excluding tert-OH is 1. The lowest BCUT2D eigenvalue weighted by atomic mass is 10.1. The molecule has 0 spiro atoms. The number of allylic oxidation sites excluding steroid dienone is 1. The van der Waals surface area contributed by atoms with Crippen LogP contribution in [0.1, 0.15) is 19.4 Å². The third-order valence-corrected chi connectivity index (χ3v) is 2.74. The van der Waals surface area contributed by atoms with E-state index in [1.54, 1.807) is 18.2 Å². The molecular weight excluding hydrogens is 300 g/mol. The Kier molecular flexibility index (Phi) is 6.49. The van der Waals surface area contributed by atoms with E-state index in [0.29, 0.717) is 0 Å². The van der Waals surface area contributed by atoms with Gasteiger partial charge in [-0.25, -0.2) is 4.79 Å². The van der Waals surface area contributed by atoms with Gasteiger partial charge in [0.25, 0.3) is 0 Å². The molecule has 0 fully saturated rings. The van der Waals surface area contributed by atoms with Gasteiger partial charge in [-0.3, -0.25) is 4.79 Å². The van der Waals surface area contributed by atoms with Gasteiger partial charge in [-0.2, -0.15) is 5.26 Å². The fraction of sp³-hybridized carbons (Fsp3) is 0.250. The molecule has 0 atom stereocenters. The molecule has 0 aliphatic rings. The van der Waals surface area contributed by atoms with Crippen molar-refractivity contribution in [2.75, 3.05) is 13.2 Å². The summed E-state index contributed by atoms with van der Waals surface area (Å²) in [5, 5.41) is 26.0. The second-order valence-corrected chi connectivity index (χ2v) is 4.56. The second kappa shape index (κ2) is 8.34. The van der Waals surface area contributed by atoms with Crippen molar-refractivity contribution >= 4 is 17.5 Å². The van der Waals surface area contributed by atoms with E-state index in [1.807, 2.05) is 6.07 Å². The van der Waals surface area contributed by atoms with Crippen molar-refractivity contribution < 1.29 is 24.2 Å². The van der Waals surface area contributed by atoms with Crippen molar-refractivity contribution in [1.82, 2.24) is 0 Å². The van der Waals surface area contributed by atoms with Gasteiger partial charge in [0, 0.05) is 5.71 Å². The monoisotopic (exact) mass is 316 g/mol. The van der Waals surface area contributed by atoms with E-state index in [-0.39, 0.29) is 22.6 Å². The molecule has 0 aromatic heterocycles. The molecule has 0 heterocycles. The normalized spacial score (nSPS) is 11.0. The van der Waals surface area contributed by atoms with E-state index in [1.165, 1.54) is 19.9 Å². The van der Waals surface area contributed by atoms with Crippen LogP contribution in [0.3, 0.4) is 0 Å². The molecule has 7 nitrogen and oxygen atoms in total. The number of hydrogen-bond acceptors (Lipinski definition) is 7. The van der Waals surface area contributed by atoms with Crippen molar-refractivity contribution in [2.45, 2.75) is 13.8 Å². The molecule has 0 aliphatic carbocycles. The Bertz CT molecular complexity index is 685. The number of hydrogen-bond donors (Lipinski definition) is 2. The number of carbonyl (C=O) groups excluding carboxylic acids is 2. The van der Waals surface area contributed by atoms with E-state index < -0.39 is 30.7 Å². The average Bonchev–Trinajstić information content (AvgIpc) is 2.50. The SMILES string of the molecule is CC(=N)/C(C(C)=O)=C(/O)COC(=O)COc1ccccc1C#N. The Balaban J connectivity index is 2.61. The summed E-state index contributed by atoms with van der Waals surface area (Å²) in [7, 11) is 0. The number of benzene rings is 1. The molecule has 0 saturated carbocycles.